The van der Waals surface area contributed by atoms with Crippen LogP contribution in [0.4, 0.5) is 5.69 Å². The highest BCUT2D eigenvalue weighted by atomic mass is 16.5. The molecule has 0 aliphatic carbocycles. The number of methoxy groups -OCH3 is 1. The van der Waals surface area contributed by atoms with Gasteiger partial charge in [-0.15, -0.1) is 0 Å². The summed E-state index contributed by atoms with van der Waals surface area (Å²) >= 11 is 0. The molecular weight excluding hydrogens is 244 g/mol. The number of anilines is 1. The molecular formula is C14H22N2O3. The van der Waals surface area contributed by atoms with Gasteiger partial charge in [-0.3, -0.25) is 4.79 Å². The summed E-state index contributed by atoms with van der Waals surface area (Å²) in [5.74, 6) is 0.537. The summed E-state index contributed by atoms with van der Waals surface area (Å²) in [7, 11) is 5.30. The Labute approximate surface area is 114 Å². The van der Waals surface area contributed by atoms with Gasteiger partial charge < -0.3 is 19.7 Å². The summed E-state index contributed by atoms with van der Waals surface area (Å²) in [6.07, 6.45) is 0. The number of carbonyl (C=O) groups excluding carboxylic acids is 1. The van der Waals surface area contributed by atoms with Gasteiger partial charge in [-0.2, -0.15) is 0 Å². The van der Waals surface area contributed by atoms with Crippen LogP contribution in [0.3, 0.4) is 0 Å². The molecule has 1 aromatic carbocycles. The maximum absolute atomic E-state index is 11.8. The molecule has 0 amide bonds. The maximum atomic E-state index is 11.8. The SMILES string of the molecule is CCOC(=O)C(CN(C)c1ccccc1OC)NC. The van der Waals surface area contributed by atoms with E-state index < -0.39 is 0 Å². The molecule has 1 atom stereocenters. The van der Waals surface area contributed by atoms with E-state index in [1.807, 2.05) is 36.2 Å². The molecule has 0 aliphatic rings. The van der Waals surface area contributed by atoms with E-state index in [4.69, 9.17) is 9.47 Å². The fourth-order valence-corrected chi connectivity index (χ4v) is 1.84. The fourth-order valence-electron chi connectivity index (χ4n) is 1.84. The summed E-state index contributed by atoms with van der Waals surface area (Å²) in [6, 6.07) is 7.33. The maximum Gasteiger partial charge on any atom is 0.324 e. The van der Waals surface area contributed by atoms with Gasteiger partial charge >= 0.3 is 5.97 Å². The highest BCUT2D eigenvalue weighted by molar-refractivity contribution is 5.77. The lowest BCUT2D eigenvalue weighted by atomic mass is 10.2. The molecule has 1 unspecified atom stereocenters. The zero-order chi connectivity index (χ0) is 14.3. The quantitative estimate of drug-likeness (QED) is 0.754. The summed E-state index contributed by atoms with van der Waals surface area (Å²) in [6.45, 7) is 2.69. The van der Waals surface area contributed by atoms with E-state index in [1.165, 1.54) is 0 Å². The van der Waals surface area contributed by atoms with Crippen LogP contribution in [0.1, 0.15) is 6.92 Å². The summed E-state index contributed by atoms with van der Waals surface area (Å²) in [5, 5.41) is 2.97. The predicted octanol–water partition coefficient (Wildman–Crippen LogP) is 1.28. The smallest absolute Gasteiger partial charge is 0.324 e. The van der Waals surface area contributed by atoms with Gasteiger partial charge in [0.15, 0.2) is 0 Å². The van der Waals surface area contributed by atoms with Crippen LogP contribution in [0.2, 0.25) is 0 Å². The van der Waals surface area contributed by atoms with Crippen LogP contribution in [0.15, 0.2) is 24.3 Å². The van der Waals surface area contributed by atoms with Gasteiger partial charge in [0.05, 0.1) is 19.4 Å². The van der Waals surface area contributed by atoms with Crippen molar-refractivity contribution in [1.82, 2.24) is 5.32 Å². The van der Waals surface area contributed by atoms with E-state index in [1.54, 1.807) is 21.1 Å². The van der Waals surface area contributed by atoms with Crippen molar-refractivity contribution in [3.63, 3.8) is 0 Å². The van der Waals surface area contributed by atoms with Crippen molar-refractivity contribution in [2.75, 3.05) is 39.3 Å². The summed E-state index contributed by atoms with van der Waals surface area (Å²) < 4.78 is 10.3. The molecule has 0 aromatic heterocycles. The molecule has 0 aliphatic heterocycles. The van der Waals surface area contributed by atoms with Gasteiger partial charge in [-0.25, -0.2) is 0 Å². The first-order valence-corrected chi connectivity index (χ1v) is 6.32. The first-order chi connectivity index (χ1) is 9.13. The number of hydrogen-bond acceptors (Lipinski definition) is 5. The molecule has 1 N–H and O–H groups in total. The normalized spacial score (nSPS) is 11.8. The molecule has 0 heterocycles. The number of likely N-dealkylation sites (N-methyl/N-ethyl adjacent to an activating group) is 2. The van der Waals surface area contributed by atoms with E-state index in [9.17, 15) is 4.79 Å². The number of para-hydroxylation sites is 2. The Balaban J connectivity index is 2.76. The number of esters is 1. The molecule has 0 fully saturated rings. The van der Waals surface area contributed by atoms with Crippen molar-refractivity contribution < 1.29 is 14.3 Å². The Hall–Kier alpha value is -1.75. The number of hydrogen-bond donors (Lipinski definition) is 1. The molecule has 0 saturated carbocycles. The summed E-state index contributed by atoms with van der Waals surface area (Å²) in [4.78, 5) is 13.7. The largest absolute Gasteiger partial charge is 0.495 e. The van der Waals surface area contributed by atoms with E-state index in [2.05, 4.69) is 5.32 Å². The van der Waals surface area contributed by atoms with Gasteiger partial charge in [-0.1, -0.05) is 12.1 Å². The van der Waals surface area contributed by atoms with Gasteiger partial charge in [-0.05, 0) is 26.1 Å². The van der Waals surface area contributed by atoms with Crippen molar-refractivity contribution in [2.24, 2.45) is 0 Å². The van der Waals surface area contributed by atoms with Crippen molar-refractivity contribution in [1.29, 1.82) is 0 Å². The first-order valence-electron chi connectivity index (χ1n) is 6.32. The van der Waals surface area contributed by atoms with Crippen molar-refractivity contribution in [3.05, 3.63) is 24.3 Å². The molecule has 1 aromatic rings. The highest BCUT2D eigenvalue weighted by Crippen LogP contribution is 2.26. The van der Waals surface area contributed by atoms with Gasteiger partial charge in [0.25, 0.3) is 0 Å². The molecule has 5 nitrogen and oxygen atoms in total. The van der Waals surface area contributed by atoms with E-state index in [0.717, 1.165) is 11.4 Å². The van der Waals surface area contributed by atoms with E-state index in [0.29, 0.717) is 13.2 Å². The fraction of sp³-hybridized carbons (Fsp3) is 0.500. The Bertz CT molecular complexity index is 409. The minimum atomic E-state index is -0.366. The average Bonchev–Trinajstić information content (AvgIpc) is 2.44. The number of nitrogens with zero attached hydrogens (tertiary/aromatic N) is 1. The van der Waals surface area contributed by atoms with Gasteiger partial charge in [0.2, 0.25) is 0 Å². The van der Waals surface area contributed by atoms with E-state index in [-0.39, 0.29) is 12.0 Å². The van der Waals surface area contributed by atoms with Crippen LogP contribution in [0.25, 0.3) is 0 Å². The number of carbonyl (C=O) groups is 1. The number of ether oxygens (including phenoxy) is 2. The monoisotopic (exact) mass is 266 g/mol. The molecule has 0 bridgehead atoms. The van der Waals surface area contributed by atoms with Gasteiger partial charge in [0, 0.05) is 13.6 Å². The zero-order valence-electron chi connectivity index (χ0n) is 12.0. The second-order valence-corrected chi connectivity index (χ2v) is 4.15. The number of rotatable bonds is 7. The number of nitrogens with one attached hydrogen (secondary N) is 1. The van der Waals surface area contributed by atoms with Crippen LogP contribution in [0, 0.1) is 0 Å². The van der Waals surface area contributed by atoms with Crippen LogP contribution in [0.5, 0.6) is 5.75 Å². The standard InChI is InChI=1S/C14H22N2O3/c1-5-19-14(17)11(15-2)10-16(3)12-8-6-7-9-13(12)18-4/h6-9,11,15H,5,10H2,1-4H3. The summed E-state index contributed by atoms with van der Waals surface area (Å²) in [5.41, 5.74) is 0.939. The molecule has 0 spiro atoms. The van der Waals surface area contributed by atoms with Crippen LogP contribution >= 0.6 is 0 Å². The molecule has 106 valence electrons. The topological polar surface area (TPSA) is 50.8 Å². The third kappa shape index (κ3) is 4.13. The molecule has 5 heteroatoms. The minimum Gasteiger partial charge on any atom is -0.495 e. The zero-order valence-corrected chi connectivity index (χ0v) is 12.0. The lowest BCUT2D eigenvalue weighted by molar-refractivity contribution is -0.145. The number of benzene rings is 1. The lowest BCUT2D eigenvalue weighted by Gasteiger charge is -2.25. The second kappa shape index (κ2) is 7.63. The second-order valence-electron chi connectivity index (χ2n) is 4.15. The minimum absolute atomic E-state index is 0.244. The van der Waals surface area contributed by atoms with Crippen molar-refractivity contribution in [2.45, 2.75) is 13.0 Å². The third-order valence-corrected chi connectivity index (χ3v) is 2.87. The van der Waals surface area contributed by atoms with E-state index >= 15 is 0 Å². The average molecular weight is 266 g/mol. The van der Waals surface area contributed by atoms with Crippen molar-refractivity contribution in [3.8, 4) is 5.75 Å². The van der Waals surface area contributed by atoms with Gasteiger partial charge in [0.1, 0.15) is 11.8 Å². The van der Waals surface area contributed by atoms with Crippen LogP contribution in [-0.2, 0) is 9.53 Å². The molecule has 19 heavy (non-hydrogen) atoms. The molecule has 1 rings (SSSR count). The Kier molecular flexibility index (Phi) is 6.15. The molecule has 0 radical (unpaired) electrons. The molecule has 0 saturated heterocycles. The lowest BCUT2D eigenvalue weighted by Crippen LogP contribution is -2.44. The van der Waals surface area contributed by atoms with Crippen LogP contribution in [-0.4, -0.2) is 46.4 Å². The first kappa shape index (κ1) is 15.3. The Morgan fingerprint density at radius 2 is 2.11 bits per heavy atom. The Morgan fingerprint density at radius 1 is 1.42 bits per heavy atom. The predicted molar refractivity (Wildman–Crippen MR) is 75.7 cm³/mol. The van der Waals surface area contributed by atoms with Crippen molar-refractivity contribution >= 4 is 11.7 Å². The van der Waals surface area contributed by atoms with Crippen LogP contribution < -0.4 is 15.0 Å². The third-order valence-electron chi connectivity index (χ3n) is 2.87. The highest BCUT2D eigenvalue weighted by Gasteiger charge is 2.20. The Morgan fingerprint density at radius 3 is 2.68 bits per heavy atom.